The van der Waals surface area contributed by atoms with E-state index < -0.39 is 17.8 Å². The summed E-state index contributed by atoms with van der Waals surface area (Å²) in [7, 11) is 0. The second-order valence-corrected chi connectivity index (χ2v) is 4.25. The first-order valence-electron chi connectivity index (χ1n) is 4.03. The molecular formula is C9H8BrClFNO2. The summed E-state index contributed by atoms with van der Waals surface area (Å²) in [5, 5.41) is 8.55. The SMILES string of the molecule is NC(Cc1cc(F)c(Cl)c(Br)c1)C(=O)O. The topological polar surface area (TPSA) is 63.3 Å². The van der Waals surface area contributed by atoms with Crippen molar-refractivity contribution < 1.29 is 14.3 Å². The number of carboxylic acids is 1. The molecule has 0 bridgehead atoms. The molecule has 1 rings (SSSR count). The summed E-state index contributed by atoms with van der Waals surface area (Å²) in [4.78, 5) is 10.5. The first-order valence-corrected chi connectivity index (χ1v) is 5.20. The normalized spacial score (nSPS) is 12.5. The molecular weight excluding hydrogens is 288 g/mol. The van der Waals surface area contributed by atoms with E-state index in [-0.39, 0.29) is 11.4 Å². The molecule has 82 valence electrons. The van der Waals surface area contributed by atoms with Gasteiger partial charge in [0.2, 0.25) is 0 Å². The second kappa shape index (κ2) is 4.92. The van der Waals surface area contributed by atoms with Gasteiger partial charge in [-0.1, -0.05) is 11.6 Å². The van der Waals surface area contributed by atoms with Crippen LogP contribution in [0.2, 0.25) is 5.02 Å². The van der Waals surface area contributed by atoms with E-state index in [1.807, 2.05) is 0 Å². The Morgan fingerprint density at radius 3 is 2.73 bits per heavy atom. The van der Waals surface area contributed by atoms with E-state index in [0.717, 1.165) is 0 Å². The van der Waals surface area contributed by atoms with Crippen molar-refractivity contribution in [3.05, 3.63) is 33.0 Å². The third-order valence-corrected chi connectivity index (χ3v) is 3.05. The highest BCUT2D eigenvalue weighted by Gasteiger charge is 2.14. The minimum absolute atomic E-state index is 0.0253. The van der Waals surface area contributed by atoms with Crippen LogP contribution in [0.15, 0.2) is 16.6 Å². The van der Waals surface area contributed by atoms with Crippen molar-refractivity contribution >= 4 is 33.5 Å². The number of nitrogens with two attached hydrogens (primary N) is 1. The predicted molar refractivity (Wildman–Crippen MR) is 58.4 cm³/mol. The molecule has 3 nitrogen and oxygen atoms in total. The molecule has 3 N–H and O–H groups in total. The molecule has 0 amide bonds. The van der Waals surface area contributed by atoms with E-state index in [2.05, 4.69) is 15.9 Å². The number of carboxylic acid groups (broad SMARTS) is 1. The largest absolute Gasteiger partial charge is 0.480 e. The molecule has 0 heterocycles. The summed E-state index contributed by atoms with van der Waals surface area (Å²) in [5.41, 5.74) is 5.80. The van der Waals surface area contributed by atoms with Crippen molar-refractivity contribution in [3.63, 3.8) is 0 Å². The van der Waals surface area contributed by atoms with Crippen molar-refractivity contribution in [1.29, 1.82) is 0 Å². The Bertz CT molecular complexity index is 377. The smallest absolute Gasteiger partial charge is 0.320 e. The maximum absolute atomic E-state index is 13.1. The summed E-state index contributed by atoms with van der Waals surface area (Å²) >= 11 is 8.64. The molecule has 0 aliphatic carbocycles. The zero-order valence-corrected chi connectivity index (χ0v) is 9.85. The van der Waals surface area contributed by atoms with Crippen LogP contribution < -0.4 is 5.73 Å². The van der Waals surface area contributed by atoms with Gasteiger partial charge in [0.25, 0.3) is 0 Å². The Balaban J connectivity index is 2.92. The van der Waals surface area contributed by atoms with Gasteiger partial charge >= 0.3 is 5.97 Å². The molecule has 0 radical (unpaired) electrons. The Kier molecular flexibility index (Phi) is 4.07. The van der Waals surface area contributed by atoms with Crippen LogP contribution in [0.5, 0.6) is 0 Å². The standard InChI is InChI=1S/C9H8BrClFNO2/c10-5-1-4(2-6(12)8(5)11)3-7(13)9(14)15/h1-2,7H,3,13H2,(H,14,15). The summed E-state index contributed by atoms with van der Waals surface area (Å²) in [6.45, 7) is 0. The molecule has 0 aliphatic heterocycles. The number of halogens is 3. The second-order valence-electron chi connectivity index (χ2n) is 3.02. The van der Waals surface area contributed by atoms with Gasteiger partial charge in [-0.3, -0.25) is 4.79 Å². The summed E-state index contributed by atoms with van der Waals surface area (Å²) in [5.74, 6) is -1.72. The Labute approximate surface area is 99.2 Å². The molecule has 0 saturated heterocycles. The van der Waals surface area contributed by atoms with E-state index in [4.69, 9.17) is 22.4 Å². The molecule has 0 fully saturated rings. The first-order chi connectivity index (χ1) is 6.91. The summed E-state index contributed by atoms with van der Waals surface area (Å²) in [6, 6.07) is 1.68. The molecule has 0 saturated carbocycles. The number of rotatable bonds is 3. The van der Waals surface area contributed by atoms with Crippen LogP contribution in [0.4, 0.5) is 4.39 Å². The Morgan fingerprint density at radius 1 is 1.67 bits per heavy atom. The minimum Gasteiger partial charge on any atom is -0.480 e. The van der Waals surface area contributed by atoms with Crippen LogP contribution in [0.1, 0.15) is 5.56 Å². The molecule has 0 aliphatic rings. The predicted octanol–water partition coefficient (Wildman–Crippen LogP) is 2.20. The van der Waals surface area contributed by atoms with E-state index in [1.54, 1.807) is 6.07 Å². The molecule has 1 aromatic rings. The van der Waals surface area contributed by atoms with Gasteiger partial charge in [-0.15, -0.1) is 0 Å². The maximum Gasteiger partial charge on any atom is 0.320 e. The van der Waals surface area contributed by atoms with Crippen LogP contribution >= 0.6 is 27.5 Å². The monoisotopic (exact) mass is 295 g/mol. The third-order valence-electron chi connectivity index (χ3n) is 1.82. The molecule has 15 heavy (non-hydrogen) atoms. The molecule has 0 aromatic heterocycles. The summed E-state index contributed by atoms with van der Waals surface area (Å²) < 4.78 is 13.5. The molecule has 0 spiro atoms. The Hall–Kier alpha value is -0.650. The van der Waals surface area contributed by atoms with Crippen molar-refractivity contribution in [2.75, 3.05) is 0 Å². The average Bonchev–Trinajstić information content (AvgIpc) is 2.13. The van der Waals surface area contributed by atoms with Gasteiger partial charge in [0, 0.05) is 4.47 Å². The number of aliphatic carboxylic acids is 1. The van der Waals surface area contributed by atoms with Crippen molar-refractivity contribution in [2.45, 2.75) is 12.5 Å². The highest BCUT2D eigenvalue weighted by Crippen LogP contribution is 2.27. The van der Waals surface area contributed by atoms with Gasteiger partial charge in [-0.05, 0) is 40.0 Å². The number of hydrogen-bond donors (Lipinski definition) is 2. The number of carbonyl (C=O) groups is 1. The average molecular weight is 297 g/mol. The van der Waals surface area contributed by atoms with Crippen LogP contribution in [-0.4, -0.2) is 17.1 Å². The fourth-order valence-electron chi connectivity index (χ4n) is 1.07. The fourth-order valence-corrected chi connectivity index (χ4v) is 1.66. The number of benzene rings is 1. The highest BCUT2D eigenvalue weighted by molar-refractivity contribution is 9.10. The summed E-state index contributed by atoms with van der Waals surface area (Å²) in [6.07, 6.45) is 0.0576. The van der Waals surface area contributed by atoms with E-state index >= 15 is 0 Å². The van der Waals surface area contributed by atoms with Crippen molar-refractivity contribution in [2.24, 2.45) is 5.73 Å². The van der Waals surface area contributed by atoms with Gasteiger partial charge in [-0.25, -0.2) is 4.39 Å². The van der Waals surface area contributed by atoms with Gasteiger partial charge in [0.1, 0.15) is 11.9 Å². The van der Waals surface area contributed by atoms with Gasteiger partial charge < -0.3 is 10.8 Å². The lowest BCUT2D eigenvalue weighted by Crippen LogP contribution is -2.32. The van der Waals surface area contributed by atoms with E-state index in [1.165, 1.54) is 6.07 Å². The lowest BCUT2D eigenvalue weighted by molar-refractivity contribution is -0.138. The lowest BCUT2D eigenvalue weighted by Gasteiger charge is -2.08. The molecule has 1 aromatic carbocycles. The molecule has 1 atom stereocenters. The first kappa shape index (κ1) is 12.4. The molecule has 6 heteroatoms. The zero-order valence-electron chi connectivity index (χ0n) is 7.51. The van der Waals surface area contributed by atoms with Crippen LogP contribution in [0, 0.1) is 5.82 Å². The lowest BCUT2D eigenvalue weighted by atomic mass is 10.1. The highest BCUT2D eigenvalue weighted by atomic mass is 79.9. The van der Waals surface area contributed by atoms with E-state index in [0.29, 0.717) is 10.0 Å². The van der Waals surface area contributed by atoms with Crippen LogP contribution in [0.25, 0.3) is 0 Å². The third kappa shape index (κ3) is 3.15. The van der Waals surface area contributed by atoms with Crippen LogP contribution in [0.3, 0.4) is 0 Å². The van der Waals surface area contributed by atoms with Gasteiger partial charge in [-0.2, -0.15) is 0 Å². The fraction of sp³-hybridized carbons (Fsp3) is 0.222. The molecule has 1 unspecified atom stereocenters. The Morgan fingerprint density at radius 2 is 2.27 bits per heavy atom. The van der Waals surface area contributed by atoms with Crippen molar-refractivity contribution in [1.82, 2.24) is 0 Å². The van der Waals surface area contributed by atoms with E-state index in [9.17, 15) is 9.18 Å². The number of hydrogen-bond acceptors (Lipinski definition) is 2. The minimum atomic E-state index is -1.12. The van der Waals surface area contributed by atoms with Gasteiger partial charge in [0.15, 0.2) is 0 Å². The maximum atomic E-state index is 13.1. The van der Waals surface area contributed by atoms with Gasteiger partial charge in [0.05, 0.1) is 5.02 Å². The van der Waals surface area contributed by atoms with Crippen LogP contribution in [-0.2, 0) is 11.2 Å². The van der Waals surface area contributed by atoms with Crippen molar-refractivity contribution in [3.8, 4) is 0 Å². The zero-order chi connectivity index (χ0) is 11.6. The quantitative estimate of drug-likeness (QED) is 0.841.